The topological polar surface area (TPSA) is 171 Å². The second-order valence-corrected chi connectivity index (χ2v) is 11.8. The molecule has 3 heterocycles. The number of nitrogens with one attached hydrogen (secondary N) is 1. The summed E-state index contributed by atoms with van der Waals surface area (Å²) in [6.07, 6.45) is 0.975. The summed E-state index contributed by atoms with van der Waals surface area (Å²) in [5.41, 5.74) is 0.642. The molecule has 0 radical (unpaired) electrons. The Kier molecular flexibility index (Phi) is 6.34. The number of ether oxygens (including phenoxy) is 2. The number of aromatic nitrogens is 1. The molecule has 1 amide bonds. The number of aryl methyl sites for hydroxylation is 1. The van der Waals surface area contributed by atoms with E-state index in [1.54, 1.807) is 6.92 Å². The summed E-state index contributed by atoms with van der Waals surface area (Å²) in [4.78, 5) is 14.1. The molecule has 0 aliphatic carbocycles. The number of carbonyl (C=O) groups is 1. The predicted octanol–water partition coefficient (Wildman–Crippen LogP) is 2.10. The summed E-state index contributed by atoms with van der Waals surface area (Å²) < 4.78 is 66.1. The first kappa shape index (κ1) is 24.4. The molecule has 3 N–H and O–H groups in total. The van der Waals surface area contributed by atoms with Crippen molar-refractivity contribution in [3.8, 4) is 11.5 Å². The zero-order valence-corrected chi connectivity index (χ0v) is 20.8. The number of carbonyl (C=O) groups excluding carboxylic acids is 1. The van der Waals surface area contributed by atoms with Gasteiger partial charge in [0.2, 0.25) is 26.8 Å². The average Bonchev–Trinajstić information content (AvgIpc) is 3.47. The molecule has 1 aliphatic heterocycles. The van der Waals surface area contributed by atoms with Gasteiger partial charge in [-0.2, -0.15) is 0 Å². The van der Waals surface area contributed by atoms with Crippen LogP contribution >= 0.6 is 22.9 Å². The number of fused-ring (bicyclic) bond motifs is 1. The first-order valence-corrected chi connectivity index (χ1v) is 14.0. The summed E-state index contributed by atoms with van der Waals surface area (Å²) in [5.74, 6) is -0.474. The molecular formula is C18H17ClN4O8S3. The number of halogens is 1. The smallest absolute Gasteiger partial charge is 0.276 e. The highest BCUT2D eigenvalue weighted by Gasteiger charge is 2.34. The van der Waals surface area contributed by atoms with Gasteiger partial charge in [-0.3, -0.25) is 4.79 Å². The molecule has 4 rings (SSSR count). The second-order valence-electron chi connectivity index (χ2n) is 7.11. The molecule has 0 atom stereocenters. The molecular weight excluding hydrogens is 532 g/mol. The molecule has 12 nitrogen and oxygen atoms in total. The maximum Gasteiger partial charge on any atom is 0.276 e. The van der Waals surface area contributed by atoms with Gasteiger partial charge in [0.25, 0.3) is 11.8 Å². The minimum atomic E-state index is -4.24. The third-order valence-electron chi connectivity index (χ3n) is 4.65. The lowest BCUT2D eigenvalue weighted by Gasteiger charge is -2.23. The molecule has 0 spiro atoms. The molecule has 182 valence electrons. The van der Waals surface area contributed by atoms with Crippen LogP contribution in [0, 0.1) is 6.92 Å². The van der Waals surface area contributed by atoms with Gasteiger partial charge >= 0.3 is 0 Å². The summed E-state index contributed by atoms with van der Waals surface area (Å²) in [7, 11) is -7.86. The van der Waals surface area contributed by atoms with Gasteiger partial charge < -0.3 is 14.0 Å². The second kappa shape index (κ2) is 8.83. The predicted molar refractivity (Wildman–Crippen MR) is 123 cm³/mol. The van der Waals surface area contributed by atoms with Gasteiger partial charge in [0.15, 0.2) is 11.5 Å². The fraction of sp³-hybridized carbons (Fsp3) is 0.222. The van der Waals surface area contributed by atoms with Crippen LogP contribution in [-0.2, 0) is 26.6 Å². The van der Waals surface area contributed by atoms with Gasteiger partial charge in [-0.1, -0.05) is 16.8 Å². The van der Waals surface area contributed by atoms with Crippen LogP contribution in [0.15, 0.2) is 33.0 Å². The average molecular weight is 549 g/mol. The Hall–Kier alpha value is -2.69. The number of sulfonamides is 2. The third-order valence-corrected chi connectivity index (χ3v) is 7.74. The normalized spacial score (nSPS) is 13.3. The van der Waals surface area contributed by atoms with E-state index < -0.39 is 30.8 Å². The number of hydrogen-bond donors (Lipinski definition) is 2. The maximum absolute atomic E-state index is 13.7. The minimum Gasteiger partial charge on any atom is -0.454 e. The van der Waals surface area contributed by atoms with E-state index in [0.717, 1.165) is 22.5 Å². The van der Waals surface area contributed by atoms with Gasteiger partial charge in [0.1, 0.15) is 20.5 Å². The van der Waals surface area contributed by atoms with Crippen molar-refractivity contribution >= 4 is 60.5 Å². The molecule has 0 fully saturated rings. The number of amides is 1. The molecule has 34 heavy (non-hydrogen) atoms. The molecule has 0 saturated heterocycles. The number of rotatable bonds is 7. The van der Waals surface area contributed by atoms with Gasteiger partial charge in [-0.15, -0.1) is 11.3 Å². The molecule has 0 bridgehead atoms. The largest absolute Gasteiger partial charge is 0.454 e. The van der Waals surface area contributed by atoms with Crippen molar-refractivity contribution in [2.75, 3.05) is 17.9 Å². The number of anilines is 2. The van der Waals surface area contributed by atoms with Crippen LogP contribution in [0.25, 0.3) is 0 Å². The van der Waals surface area contributed by atoms with Crippen LogP contribution in [0.1, 0.15) is 20.9 Å². The summed E-state index contributed by atoms with van der Waals surface area (Å²) in [6, 6.07) is 4.12. The number of thiophene rings is 1. The molecule has 0 saturated carbocycles. The number of nitrogens with zero attached hydrogens (tertiary/aromatic N) is 2. The zero-order valence-electron chi connectivity index (χ0n) is 17.6. The molecule has 3 aromatic rings. The Morgan fingerprint density at radius 3 is 2.53 bits per heavy atom. The van der Waals surface area contributed by atoms with Gasteiger partial charge in [0.05, 0.1) is 11.9 Å². The molecule has 2 aromatic heterocycles. The van der Waals surface area contributed by atoms with Crippen LogP contribution in [0.4, 0.5) is 11.6 Å². The van der Waals surface area contributed by atoms with E-state index in [9.17, 15) is 21.6 Å². The van der Waals surface area contributed by atoms with Crippen molar-refractivity contribution in [1.29, 1.82) is 0 Å². The first-order valence-electron chi connectivity index (χ1n) is 9.30. The van der Waals surface area contributed by atoms with Crippen LogP contribution in [0.3, 0.4) is 0 Å². The van der Waals surface area contributed by atoms with Crippen LogP contribution in [-0.4, -0.2) is 40.9 Å². The van der Waals surface area contributed by atoms with Crippen molar-refractivity contribution in [3.63, 3.8) is 0 Å². The van der Waals surface area contributed by atoms with Crippen LogP contribution in [0.2, 0.25) is 5.02 Å². The van der Waals surface area contributed by atoms with Crippen molar-refractivity contribution in [3.05, 3.63) is 44.7 Å². The van der Waals surface area contributed by atoms with Crippen molar-refractivity contribution < 1.29 is 35.6 Å². The van der Waals surface area contributed by atoms with Gasteiger partial charge in [0, 0.05) is 12.6 Å². The number of primary sulfonamides is 1. The highest BCUT2D eigenvalue weighted by molar-refractivity contribution is 7.89. The van der Waals surface area contributed by atoms with E-state index in [0.29, 0.717) is 5.75 Å². The van der Waals surface area contributed by atoms with Gasteiger partial charge in [-0.05, 0) is 30.0 Å². The summed E-state index contributed by atoms with van der Waals surface area (Å²) in [5, 5.41) is 10.4. The Balaban J connectivity index is 1.94. The Morgan fingerprint density at radius 2 is 1.94 bits per heavy atom. The molecule has 16 heteroatoms. The lowest BCUT2D eigenvalue weighted by Crippen LogP contribution is -2.29. The van der Waals surface area contributed by atoms with Crippen LogP contribution < -0.4 is 24.2 Å². The van der Waals surface area contributed by atoms with Crippen LogP contribution in [0.5, 0.6) is 11.5 Å². The highest BCUT2D eigenvalue weighted by Crippen LogP contribution is 2.44. The van der Waals surface area contributed by atoms with Crippen molar-refractivity contribution in [1.82, 2.24) is 9.88 Å². The number of benzene rings is 1. The summed E-state index contributed by atoms with van der Waals surface area (Å²) >= 11 is 7.19. The van der Waals surface area contributed by atoms with Crippen molar-refractivity contribution in [2.24, 2.45) is 5.14 Å². The first-order chi connectivity index (χ1) is 15.9. The molecule has 0 unspecified atom stereocenters. The van der Waals surface area contributed by atoms with Gasteiger partial charge in [-0.25, -0.2) is 31.6 Å². The summed E-state index contributed by atoms with van der Waals surface area (Å²) in [6.45, 7) is 1.21. The molecule has 1 aromatic carbocycles. The highest BCUT2D eigenvalue weighted by atomic mass is 35.5. The lowest BCUT2D eigenvalue weighted by atomic mass is 10.1. The molecule has 1 aliphatic rings. The van der Waals surface area contributed by atoms with E-state index in [-0.39, 0.29) is 51.8 Å². The van der Waals surface area contributed by atoms with E-state index >= 15 is 0 Å². The number of hydrogen-bond acceptors (Lipinski definition) is 10. The quantitative estimate of drug-likeness (QED) is 0.448. The maximum atomic E-state index is 13.7. The van der Waals surface area contributed by atoms with E-state index in [1.807, 2.05) is 0 Å². The van der Waals surface area contributed by atoms with E-state index in [4.69, 9.17) is 30.7 Å². The SMILES string of the molecule is Cc1noc(N(C(=O)c2sccc2S(N)(=O)=O)c2cc3c(cc2CNS(C)(=O)=O)OCO3)c1Cl. The Bertz CT molecular complexity index is 1500. The van der Waals surface area contributed by atoms with E-state index in [1.165, 1.54) is 23.6 Å². The monoisotopic (exact) mass is 548 g/mol. The third kappa shape index (κ3) is 4.75. The zero-order chi connectivity index (χ0) is 24.8. The Labute approximate surface area is 203 Å². The van der Waals surface area contributed by atoms with Crippen molar-refractivity contribution in [2.45, 2.75) is 18.4 Å². The number of nitrogens with two attached hydrogens (primary N) is 1. The standard InChI is InChI=1S/C18H17ClN4O8S3/c1-9-15(19)18(31-22-9)23(17(24)16-14(3-4-32-16)34(20,27)28)11-6-13-12(29-8-30-13)5-10(11)7-21-33(2,25)26/h3-6,21H,7-8H2,1-2H3,(H2,20,27,28). The minimum absolute atomic E-state index is 0.0123. The Morgan fingerprint density at radius 1 is 1.26 bits per heavy atom. The fourth-order valence-electron chi connectivity index (χ4n) is 3.11. The lowest BCUT2D eigenvalue weighted by molar-refractivity contribution is 0.0995. The fourth-order valence-corrected chi connectivity index (χ4v) is 5.58. The van der Waals surface area contributed by atoms with E-state index in [2.05, 4.69) is 9.88 Å².